The largest absolute Gasteiger partial charge is 0.481 e. The lowest BCUT2D eigenvalue weighted by atomic mass is 9.78. The Morgan fingerprint density at radius 3 is 2.74 bits per heavy atom. The molecule has 2 aromatic rings. The smallest absolute Gasteiger partial charge is 0.221 e. The molecule has 0 unspecified atom stereocenters. The highest BCUT2D eigenvalue weighted by Gasteiger charge is 2.34. The van der Waals surface area contributed by atoms with Crippen molar-refractivity contribution in [2.45, 2.75) is 31.1 Å². The Hall–Kier alpha value is -1.61. The van der Waals surface area contributed by atoms with E-state index in [4.69, 9.17) is 10.5 Å². The Balaban J connectivity index is 2.15. The first-order valence-corrected chi connectivity index (χ1v) is 6.92. The summed E-state index contributed by atoms with van der Waals surface area (Å²) in [6, 6.07) is 8.62. The molecule has 0 bridgehead atoms. The Morgan fingerprint density at radius 1 is 1.26 bits per heavy atom. The van der Waals surface area contributed by atoms with E-state index in [0.29, 0.717) is 5.88 Å². The number of nitrogens with two attached hydrogens (primary N) is 1. The van der Waals surface area contributed by atoms with Crippen molar-refractivity contribution < 1.29 is 4.74 Å². The van der Waals surface area contributed by atoms with Crippen LogP contribution in [0.4, 0.5) is 0 Å². The lowest BCUT2D eigenvalue weighted by Gasteiger charge is -2.28. The topological polar surface area (TPSA) is 48.1 Å². The molecule has 100 valence electrons. The molecular weight excluding hydrogens is 236 g/mol. The summed E-state index contributed by atoms with van der Waals surface area (Å²) in [7, 11) is 1.67. The zero-order valence-corrected chi connectivity index (χ0v) is 11.4. The minimum atomic E-state index is 0.162. The fraction of sp³-hybridized carbons (Fsp3) is 0.438. The first-order valence-electron chi connectivity index (χ1n) is 6.92. The molecule has 1 aromatic carbocycles. The van der Waals surface area contributed by atoms with Crippen LogP contribution in [-0.2, 0) is 5.41 Å². The van der Waals surface area contributed by atoms with E-state index >= 15 is 0 Å². The molecule has 1 aromatic heterocycles. The van der Waals surface area contributed by atoms with Gasteiger partial charge in [0.1, 0.15) is 0 Å². The predicted molar refractivity (Wildman–Crippen MR) is 77.5 cm³/mol. The van der Waals surface area contributed by atoms with Gasteiger partial charge in [0.05, 0.1) is 7.11 Å². The molecule has 1 saturated carbocycles. The highest BCUT2D eigenvalue weighted by atomic mass is 16.5. The van der Waals surface area contributed by atoms with Crippen molar-refractivity contribution in [3.63, 3.8) is 0 Å². The minimum absolute atomic E-state index is 0.162. The quantitative estimate of drug-likeness (QED) is 0.918. The van der Waals surface area contributed by atoms with Crippen molar-refractivity contribution in [2.75, 3.05) is 13.7 Å². The van der Waals surface area contributed by atoms with E-state index in [2.05, 4.69) is 23.2 Å². The van der Waals surface area contributed by atoms with Crippen LogP contribution in [-0.4, -0.2) is 18.6 Å². The molecule has 0 saturated heterocycles. The van der Waals surface area contributed by atoms with Crippen LogP contribution in [0.5, 0.6) is 5.88 Å². The zero-order chi connectivity index (χ0) is 13.3. The second-order valence-corrected chi connectivity index (χ2v) is 5.45. The number of rotatable bonds is 3. The van der Waals surface area contributed by atoms with Crippen LogP contribution in [0.15, 0.2) is 30.5 Å². The summed E-state index contributed by atoms with van der Waals surface area (Å²) in [5.41, 5.74) is 7.57. The van der Waals surface area contributed by atoms with Crippen LogP contribution in [0.25, 0.3) is 10.8 Å². The standard InChI is InChI=1S/C16H20N2O/c1-19-15-14-10-13(5-4-12(14)6-9-18-15)16(11-17)7-2-3-8-16/h4-6,9-10H,2-3,7-8,11,17H2,1H3. The number of fused-ring (bicyclic) bond motifs is 1. The molecule has 1 heterocycles. The molecule has 19 heavy (non-hydrogen) atoms. The summed E-state index contributed by atoms with van der Waals surface area (Å²) in [6.07, 6.45) is 6.73. The summed E-state index contributed by atoms with van der Waals surface area (Å²) >= 11 is 0. The molecule has 3 heteroatoms. The number of ether oxygens (including phenoxy) is 1. The van der Waals surface area contributed by atoms with Gasteiger partial charge in [-0.25, -0.2) is 4.98 Å². The van der Waals surface area contributed by atoms with Gasteiger partial charge in [0.15, 0.2) is 0 Å². The van der Waals surface area contributed by atoms with Gasteiger partial charge in [0, 0.05) is 23.5 Å². The third-order valence-electron chi connectivity index (χ3n) is 4.49. The van der Waals surface area contributed by atoms with E-state index in [-0.39, 0.29) is 5.41 Å². The number of nitrogens with zero attached hydrogens (tertiary/aromatic N) is 1. The lowest BCUT2D eigenvalue weighted by molar-refractivity contribution is 0.403. The molecule has 0 aliphatic heterocycles. The molecule has 0 spiro atoms. The third kappa shape index (κ3) is 1.98. The number of hydrogen-bond acceptors (Lipinski definition) is 3. The van der Waals surface area contributed by atoms with Gasteiger partial charge in [-0.3, -0.25) is 0 Å². The molecule has 3 nitrogen and oxygen atoms in total. The van der Waals surface area contributed by atoms with Crippen LogP contribution >= 0.6 is 0 Å². The Kier molecular flexibility index (Phi) is 3.15. The highest BCUT2D eigenvalue weighted by molar-refractivity contribution is 5.87. The maximum atomic E-state index is 6.07. The van der Waals surface area contributed by atoms with Crippen LogP contribution < -0.4 is 10.5 Å². The van der Waals surface area contributed by atoms with E-state index in [9.17, 15) is 0 Å². The fourth-order valence-corrected chi connectivity index (χ4v) is 3.30. The van der Waals surface area contributed by atoms with Crippen molar-refractivity contribution >= 4 is 10.8 Å². The van der Waals surface area contributed by atoms with Crippen molar-refractivity contribution in [1.82, 2.24) is 4.98 Å². The van der Waals surface area contributed by atoms with Crippen LogP contribution in [0, 0.1) is 0 Å². The summed E-state index contributed by atoms with van der Waals surface area (Å²) in [5, 5.41) is 2.25. The van der Waals surface area contributed by atoms with Gasteiger partial charge in [0.25, 0.3) is 0 Å². The summed E-state index contributed by atoms with van der Waals surface area (Å²) < 4.78 is 5.37. The number of aromatic nitrogens is 1. The summed E-state index contributed by atoms with van der Waals surface area (Å²) in [4.78, 5) is 4.29. The molecule has 3 rings (SSSR count). The number of benzene rings is 1. The van der Waals surface area contributed by atoms with Crippen molar-refractivity contribution in [3.8, 4) is 5.88 Å². The zero-order valence-electron chi connectivity index (χ0n) is 11.4. The second kappa shape index (κ2) is 4.82. The van der Waals surface area contributed by atoms with Gasteiger partial charge in [-0.1, -0.05) is 25.0 Å². The maximum absolute atomic E-state index is 6.07. The predicted octanol–water partition coefficient (Wildman–Crippen LogP) is 3.01. The number of pyridine rings is 1. The molecule has 0 radical (unpaired) electrons. The Labute approximate surface area is 113 Å². The van der Waals surface area contributed by atoms with Crippen molar-refractivity contribution in [2.24, 2.45) is 5.73 Å². The first kappa shape index (κ1) is 12.4. The van der Waals surface area contributed by atoms with E-state index in [1.54, 1.807) is 13.3 Å². The summed E-state index contributed by atoms with van der Waals surface area (Å²) in [5.74, 6) is 0.699. The lowest BCUT2D eigenvalue weighted by Crippen LogP contribution is -2.31. The molecule has 1 fully saturated rings. The highest BCUT2D eigenvalue weighted by Crippen LogP contribution is 2.41. The van der Waals surface area contributed by atoms with Gasteiger partial charge in [-0.05, 0) is 35.9 Å². The molecule has 0 amide bonds. The van der Waals surface area contributed by atoms with Crippen LogP contribution in [0.2, 0.25) is 0 Å². The van der Waals surface area contributed by atoms with Crippen LogP contribution in [0.3, 0.4) is 0 Å². The maximum Gasteiger partial charge on any atom is 0.221 e. The molecule has 1 aliphatic carbocycles. The first-order chi connectivity index (χ1) is 9.29. The van der Waals surface area contributed by atoms with Gasteiger partial charge < -0.3 is 10.5 Å². The Morgan fingerprint density at radius 2 is 2.05 bits per heavy atom. The normalized spacial score (nSPS) is 17.8. The van der Waals surface area contributed by atoms with Gasteiger partial charge in [-0.15, -0.1) is 0 Å². The van der Waals surface area contributed by atoms with Crippen molar-refractivity contribution in [3.05, 3.63) is 36.0 Å². The monoisotopic (exact) mass is 256 g/mol. The average molecular weight is 256 g/mol. The Bertz CT molecular complexity index is 588. The molecular formula is C16H20N2O. The van der Waals surface area contributed by atoms with E-state index < -0.39 is 0 Å². The summed E-state index contributed by atoms with van der Waals surface area (Å²) in [6.45, 7) is 0.723. The SMILES string of the molecule is COc1nccc2ccc(C3(CN)CCCC3)cc12. The second-order valence-electron chi connectivity index (χ2n) is 5.45. The molecule has 1 aliphatic rings. The number of methoxy groups -OCH3 is 1. The van der Waals surface area contributed by atoms with E-state index in [0.717, 1.165) is 11.9 Å². The van der Waals surface area contributed by atoms with Gasteiger partial charge >= 0.3 is 0 Å². The van der Waals surface area contributed by atoms with E-state index in [1.807, 2.05) is 6.07 Å². The van der Waals surface area contributed by atoms with Crippen LogP contribution in [0.1, 0.15) is 31.2 Å². The number of hydrogen-bond donors (Lipinski definition) is 1. The van der Waals surface area contributed by atoms with Gasteiger partial charge in [-0.2, -0.15) is 0 Å². The fourth-order valence-electron chi connectivity index (χ4n) is 3.30. The molecule has 0 atom stereocenters. The molecule has 2 N–H and O–H groups in total. The average Bonchev–Trinajstić information content (AvgIpc) is 2.96. The van der Waals surface area contributed by atoms with Crippen molar-refractivity contribution in [1.29, 1.82) is 0 Å². The minimum Gasteiger partial charge on any atom is -0.481 e. The third-order valence-corrected chi connectivity index (χ3v) is 4.49. The van der Waals surface area contributed by atoms with E-state index in [1.165, 1.54) is 36.6 Å². The van der Waals surface area contributed by atoms with Gasteiger partial charge in [0.2, 0.25) is 5.88 Å².